The predicted octanol–water partition coefficient (Wildman–Crippen LogP) is 6.77. The van der Waals surface area contributed by atoms with Crippen LogP contribution in [0.3, 0.4) is 0 Å². The lowest BCUT2D eigenvalue weighted by molar-refractivity contribution is -0.136. The molecule has 17 heteroatoms. The molecule has 8 rings (SSSR count). The lowest BCUT2D eigenvalue weighted by atomic mass is 10.0. The molecule has 0 aliphatic carbocycles. The summed E-state index contributed by atoms with van der Waals surface area (Å²) < 4.78 is 26.6. The number of amides is 4. The molecular weight excluding hydrogens is 784 g/mol. The number of aromatic amines is 2. The number of methoxy groups -OCH3 is 2. The zero-order valence-corrected chi connectivity index (χ0v) is 35.3. The summed E-state index contributed by atoms with van der Waals surface area (Å²) in [4.78, 5) is 75.8. The maximum atomic E-state index is 14.9. The average molecular weight is 835 g/mol. The van der Waals surface area contributed by atoms with E-state index in [1.165, 1.54) is 19.1 Å². The summed E-state index contributed by atoms with van der Waals surface area (Å²) in [5.74, 6) is 1.03. The lowest BCUT2D eigenvalue weighted by Gasteiger charge is -2.30. The number of likely N-dealkylation sites (tertiary alicyclic amines) is 2. The number of benzene rings is 2. The van der Waals surface area contributed by atoms with Gasteiger partial charge >= 0.3 is 12.2 Å². The van der Waals surface area contributed by atoms with E-state index in [0.717, 1.165) is 62.8 Å². The Labute approximate surface area is 351 Å². The number of rotatable bonds is 10. The largest absolute Gasteiger partial charge is 0.453 e. The second-order valence-electron chi connectivity index (χ2n) is 16.6. The fourth-order valence-corrected chi connectivity index (χ4v) is 8.83. The van der Waals surface area contributed by atoms with Gasteiger partial charge in [0.25, 0.3) is 0 Å². The minimum absolute atomic E-state index is 0.0832. The number of alkyl carbamates (subject to hydrolysis) is 2. The van der Waals surface area contributed by atoms with Gasteiger partial charge in [-0.05, 0) is 55.9 Å². The van der Waals surface area contributed by atoms with Gasteiger partial charge in [0, 0.05) is 34.9 Å². The zero-order valence-electron chi connectivity index (χ0n) is 35.3. The molecule has 2 aliphatic rings. The van der Waals surface area contributed by atoms with Crippen molar-refractivity contribution in [2.24, 2.45) is 11.8 Å². The van der Waals surface area contributed by atoms with Crippen LogP contribution in [0.4, 0.5) is 14.0 Å². The number of hydrogen-bond donors (Lipinski definition) is 4. The van der Waals surface area contributed by atoms with Crippen LogP contribution in [0.5, 0.6) is 0 Å². The van der Waals surface area contributed by atoms with Crippen molar-refractivity contribution in [3.8, 4) is 22.5 Å². The summed E-state index contributed by atoms with van der Waals surface area (Å²) in [6.45, 7) is 9.85. The Morgan fingerprint density at radius 2 is 1.38 bits per heavy atom. The smallest absolute Gasteiger partial charge is 0.407 e. The standard InChI is InChI=1S/C44H51FN10O6/c1-22(2)37(51-43(58)60-6)41(56)53-14-8-9-34(53)39-46-19-31(49-39)25-11-13-33-27(15-25)17-35-29-12-10-26(16-30(29)48-24(5)55(33)35)32-20-47-40(50-32)36-18-28(45)21-54(36)42(57)38(23(3)4)52-44(59)61-7/h10-13,15-17,19-20,22-23,28,34,36-38H,8-9,14,18,21H2,1-7H3,(H,46,49)(H,47,50)(H,51,58)(H,52,59)/t28-,34+,36+,37+,38+/m1/s1. The normalized spacial score (nSPS) is 19.0. The predicted molar refractivity (Wildman–Crippen MR) is 226 cm³/mol. The molecule has 320 valence electrons. The minimum Gasteiger partial charge on any atom is -0.453 e. The highest BCUT2D eigenvalue weighted by Gasteiger charge is 2.42. The highest BCUT2D eigenvalue weighted by Crippen LogP contribution is 2.37. The van der Waals surface area contributed by atoms with E-state index < -0.39 is 42.4 Å². The van der Waals surface area contributed by atoms with E-state index >= 15 is 0 Å². The lowest BCUT2D eigenvalue weighted by Crippen LogP contribution is -2.51. The van der Waals surface area contributed by atoms with E-state index in [1.807, 2.05) is 58.9 Å². The van der Waals surface area contributed by atoms with Gasteiger partial charge in [0.15, 0.2) is 0 Å². The van der Waals surface area contributed by atoms with Gasteiger partial charge in [-0.2, -0.15) is 0 Å². The molecule has 2 fully saturated rings. The first-order chi connectivity index (χ1) is 29.3. The highest BCUT2D eigenvalue weighted by molar-refractivity contribution is 6.03. The van der Waals surface area contributed by atoms with Crippen LogP contribution in [0.1, 0.15) is 76.5 Å². The molecule has 0 radical (unpaired) electrons. The Kier molecular flexibility index (Phi) is 11.2. The molecule has 6 heterocycles. The monoisotopic (exact) mass is 834 g/mol. The van der Waals surface area contributed by atoms with Crippen LogP contribution in [0.15, 0.2) is 54.9 Å². The van der Waals surface area contributed by atoms with E-state index in [4.69, 9.17) is 19.4 Å². The second-order valence-corrected chi connectivity index (χ2v) is 16.6. The molecule has 4 amide bonds. The molecule has 0 unspecified atom stereocenters. The molecule has 4 N–H and O–H groups in total. The summed E-state index contributed by atoms with van der Waals surface area (Å²) in [6.07, 6.45) is 2.54. The van der Waals surface area contributed by atoms with Crippen LogP contribution in [0, 0.1) is 18.8 Å². The Balaban J connectivity index is 1.04. The van der Waals surface area contributed by atoms with Crippen LogP contribution < -0.4 is 10.6 Å². The minimum atomic E-state index is -1.24. The van der Waals surface area contributed by atoms with Gasteiger partial charge < -0.3 is 39.9 Å². The summed E-state index contributed by atoms with van der Waals surface area (Å²) in [5, 5.41) is 7.27. The summed E-state index contributed by atoms with van der Waals surface area (Å²) in [6, 6.07) is 11.9. The summed E-state index contributed by atoms with van der Waals surface area (Å²) in [7, 11) is 2.51. The number of ether oxygens (including phenoxy) is 2. The third-order valence-electron chi connectivity index (χ3n) is 12.0. The van der Waals surface area contributed by atoms with Gasteiger partial charge in [-0.15, -0.1) is 0 Å². The number of carbonyl (C=O) groups excluding carboxylic acids is 4. The van der Waals surface area contributed by atoms with Crippen molar-refractivity contribution in [3.05, 3.63) is 72.3 Å². The van der Waals surface area contributed by atoms with Crippen LogP contribution >= 0.6 is 0 Å². The molecule has 61 heavy (non-hydrogen) atoms. The maximum Gasteiger partial charge on any atom is 0.407 e. The van der Waals surface area contributed by atoms with Gasteiger partial charge in [-0.25, -0.2) is 28.9 Å². The fourth-order valence-electron chi connectivity index (χ4n) is 8.83. The molecule has 2 aromatic carbocycles. The first-order valence-corrected chi connectivity index (χ1v) is 20.7. The average Bonchev–Trinajstić information content (AvgIpc) is 4.10. The van der Waals surface area contributed by atoms with Crippen molar-refractivity contribution >= 4 is 51.3 Å². The topological polar surface area (TPSA) is 192 Å². The van der Waals surface area contributed by atoms with Crippen molar-refractivity contribution in [3.63, 3.8) is 0 Å². The van der Waals surface area contributed by atoms with Gasteiger partial charge in [0.2, 0.25) is 11.8 Å². The van der Waals surface area contributed by atoms with E-state index in [0.29, 0.717) is 23.9 Å². The number of fused-ring (bicyclic) bond motifs is 5. The molecular formula is C44H51FN10O6. The van der Waals surface area contributed by atoms with Crippen molar-refractivity contribution in [1.82, 2.24) is 49.8 Å². The molecule has 2 aliphatic heterocycles. The number of H-pyrrole nitrogens is 2. The molecule has 0 bridgehead atoms. The Hall–Kier alpha value is -6.52. The maximum absolute atomic E-state index is 14.9. The first-order valence-electron chi connectivity index (χ1n) is 20.7. The zero-order chi connectivity index (χ0) is 43.3. The number of nitrogens with zero attached hydrogens (tertiary/aromatic N) is 6. The van der Waals surface area contributed by atoms with Crippen molar-refractivity contribution in [2.45, 2.75) is 84.2 Å². The number of carbonyl (C=O) groups is 4. The van der Waals surface area contributed by atoms with Crippen LogP contribution in [-0.2, 0) is 19.1 Å². The van der Waals surface area contributed by atoms with Crippen LogP contribution in [-0.4, -0.2) is 109 Å². The Morgan fingerprint density at radius 1 is 0.787 bits per heavy atom. The number of aromatic nitrogens is 6. The van der Waals surface area contributed by atoms with Crippen LogP contribution in [0.2, 0.25) is 0 Å². The van der Waals surface area contributed by atoms with E-state index in [2.05, 4.69) is 48.2 Å². The van der Waals surface area contributed by atoms with Crippen LogP contribution in [0.25, 0.3) is 49.8 Å². The Bertz CT molecular complexity index is 2650. The van der Waals surface area contributed by atoms with E-state index in [9.17, 15) is 23.6 Å². The number of alkyl halides is 1. The number of aryl methyl sites for hydroxylation is 1. The SMILES string of the molecule is COC(=O)N[C@H](C(=O)N1CCC[C@H]1c1ncc(-c2ccc3c(c2)cc2c4ccc(-c5cnc([C@@H]6C[C@@H](F)CN6C(=O)[C@@H](NC(=O)OC)C(C)C)[nH]5)cc4nc(C)n32)[nH]1)C(C)C. The van der Waals surface area contributed by atoms with Gasteiger partial charge in [-0.1, -0.05) is 45.9 Å². The van der Waals surface area contributed by atoms with Gasteiger partial charge in [0.05, 0.1) is 73.2 Å². The Morgan fingerprint density at radius 3 is 2.00 bits per heavy atom. The molecule has 0 spiro atoms. The molecule has 2 saturated heterocycles. The summed E-state index contributed by atoms with van der Waals surface area (Å²) >= 11 is 0. The number of halogens is 1. The number of nitrogens with one attached hydrogen (secondary N) is 4. The van der Waals surface area contributed by atoms with E-state index in [-0.39, 0.29) is 36.8 Å². The number of hydrogen-bond acceptors (Lipinski definition) is 9. The molecule has 5 atom stereocenters. The third-order valence-corrected chi connectivity index (χ3v) is 12.0. The quantitative estimate of drug-likeness (QED) is 0.115. The fraction of sp³-hybridized carbons (Fsp3) is 0.432. The number of imidazole rings is 2. The highest BCUT2D eigenvalue weighted by atomic mass is 19.1. The van der Waals surface area contributed by atoms with Crippen molar-refractivity contribution < 1.29 is 33.0 Å². The second kappa shape index (κ2) is 16.5. The molecule has 6 aromatic rings. The van der Waals surface area contributed by atoms with Crippen molar-refractivity contribution in [1.29, 1.82) is 0 Å². The van der Waals surface area contributed by atoms with E-state index in [1.54, 1.807) is 17.3 Å². The molecule has 16 nitrogen and oxygen atoms in total. The first kappa shape index (κ1) is 41.2. The van der Waals surface area contributed by atoms with Gasteiger partial charge in [0.1, 0.15) is 35.7 Å². The van der Waals surface area contributed by atoms with Crippen molar-refractivity contribution in [2.75, 3.05) is 27.3 Å². The summed E-state index contributed by atoms with van der Waals surface area (Å²) in [5.41, 5.74) is 6.08. The third kappa shape index (κ3) is 7.72. The van der Waals surface area contributed by atoms with Gasteiger partial charge in [-0.3, -0.25) is 14.0 Å². The molecule has 4 aromatic heterocycles. The molecule has 0 saturated carbocycles.